The van der Waals surface area contributed by atoms with Crippen LogP contribution in [0.5, 0.6) is 0 Å². The normalized spacial score (nSPS) is 13.2. The molecule has 0 spiro atoms. The van der Waals surface area contributed by atoms with Gasteiger partial charge >= 0.3 is 0 Å². The summed E-state index contributed by atoms with van der Waals surface area (Å²) in [5.74, 6) is 0. The van der Waals surface area contributed by atoms with Crippen molar-refractivity contribution in [1.29, 1.82) is 0 Å². The van der Waals surface area contributed by atoms with E-state index in [4.69, 9.17) is 4.74 Å². The van der Waals surface area contributed by atoms with Crippen LogP contribution in [0.3, 0.4) is 0 Å². The van der Waals surface area contributed by atoms with Gasteiger partial charge in [-0.15, -0.1) is 0 Å². The predicted molar refractivity (Wildman–Crippen MR) is 108 cm³/mol. The molecule has 0 amide bonds. The van der Waals surface area contributed by atoms with Gasteiger partial charge in [0.1, 0.15) is 10.9 Å². The summed E-state index contributed by atoms with van der Waals surface area (Å²) in [6.45, 7) is 2.85. The summed E-state index contributed by atoms with van der Waals surface area (Å²) in [4.78, 5) is 6.76. The van der Waals surface area contributed by atoms with Gasteiger partial charge in [-0.3, -0.25) is 0 Å². The van der Waals surface area contributed by atoms with Gasteiger partial charge in [-0.1, -0.05) is 47.8 Å². The second-order valence-corrected chi connectivity index (χ2v) is 8.65. The Balaban J connectivity index is 2.00. The molecule has 0 fully saturated rings. The molecule has 0 saturated carbocycles. The molecule has 3 heteroatoms. The summed E-state index contributed by atoms with van der Waals surface area (Å²) in [6, 6.07) is 17.5. The molecule has 0 saturated heterocycles. The van der Waals surface area contributed by atoms with Crippen molar-refractivity contribution in [3.63, 3.8) is 0 Å². The van der Waals surface area contributed by atoms with Crippen LogP contribution >= 0.6 is 11.8 Å². The highest BCUT2D eigenvalue weighted by molar-refractivity contribution is 8.05. The number of unbranched alkanes of at least 4 members (excludes halogenated alkanes) is 1. The Labute approximate surface area is 157 Å². The van der Waals surface area contributed by atoms with Gasteiger partial charge in [0.05, 0.1) is 9.79 Å². The molecule has 0 N–H and O–H groups in total. The van der Waals surface area contributed by atoms with Crippen molar-refractivity contribution in [3.8, 4) is 0 Å². The molecular formula is C22H23OS2+. The number of hydrogen-bond donors (Lipinski definition) is 0. The molecule has 0 aliphatic carbocycles. The minimum Gasteiger partial charge on any atom is -0.385 e. The summed E-state index contributed by atoms with van der Waals surface area (Å²) in [5.41, 5.74) is 3.50. The number of benzene rings is 2. The number of allylic oxidation sites excluding steroid dienone is 2. The fourth-order valence-corrected chi connectivity index (χ4v) is 6.50. The Morgan fingerprint density at radius 2 is 1.72 bits per heavy atom. The fraction of sp³-hybridized carbons (Fsp3) is 0.227. The number of hydrogen-bond acceptors (Lipinski definition) is 2. The van der Waals surface area contributed by atoms with Crippen molar-refractivity contribution in [2.75, 3.05) is 13.7 Å². The first-order valence-electron chi connectivity index (χ1n) is 8.52. The maximum absolute atomic E-state index is 5.14. The minimum absolute atomic E-state index is 0.104. The molecule has 25 heavy (non-hydrogen) atoms. The molecule has 0 unspecified atom stereocenters. The molecule has 2 aromatic carbocycles. The van der Waals surface area contributed by atoms with Crippen LogP contribution in [0.1, 0.15) is 19.8 Å². The Morgan fingerprint density at radius 1 is 1.08 bits per heavy atom. The van der Waals surface area contributed by atoms with Gasteiger partial charge in [0, 0.05) is 13.7 Å². The molecule has 1 heterocycles. The van der Waals surface area contributed by atoms with E-state index < -0.39 is 0 Å². The maximum Gasteiger partial charge on any atom is 0.208 e. The molecule has 0 radical (unpaired) electrons. The largest absolute Gasteiger partial charge is 0.385 e. The van der Waals surface area contributed by atoms with Crippen molar-refractivity contribution in [3.05, 3.63) is 77.4 Å². The Morgan fingerprint density at radius 3 is 2.32 bits per heavy atom. The van der Waals surface area contributed by atoms with E-state index in [1.807, 2.05) is 24.8 Å². The summed E-state index contributed by atoms with van der Waals surface area (Å²) < 4.78 is 5.14. The number of methoxy groups -OCH3 is 1. The van der Waals surface area contributed by atoms with Crippen molar-refractivity contribution >= 4 is 22.7 Å². The minimum atomic E-state index is -0.104. The van der Waals surface area contributed by atoms with Crippen molar-refractivity contribution < 1.29 is 4.74 Å². The molecule has 2 aromatic rings. The standard InChI is InChI=1S/C22H23OS2/c1-3-11-18(12-5-4-10-17-23-2)25-21-15-8-6-13-19(21)24-20-14-7-9-16-22(20)25/h3,5-9,12-16H,4,10,17H2,1-2H3/q+1/b12-5-. The summed E-state index contributed by atoms with van der Waals surface area (Å²) in [5, 5.41) is 0. The zero-order valence-electron chi connectivity index (χ0n) is 14.7. The third-order valence-electron chi connectivity index (χ3n) is 3.85. The lowest BCUT2D eigenvalue weighted by Gasteiger charge is -2.18. The zero-order valence-corrected chi connectivity index (χ0v) is 16.3. The smallest absolute Gasteiger partial charge is 0.208 e. The first kappa shape index (κ1) is 18.2. The highest BCUT2D eigenvalue weighted by Gasteiger charge is 2.38. The Kier molecular flexibility index (Phi) is 6.66. The molecule has 1 nitrogen and oxygen atoms in total. The predicted octanol–water partition coefficient (Wildman–Crippen LogP) is 6.23. The van der Waals surface area contributed by atoms with Crippen LogP contribution in [0.2, 0.25) is 0 Å². The van der Waals surface area contributed by atoms with Gasteiger partial charge in [0.2, 0.25) is 4.91 Å². The first-order chi connectivity index (χ1) is 12.3. The van der Waals surface area contributed by atoms with Gasteiger partial charge in [-0.05, 0) is 56.2 Å². The number of rotatable bonds is 6. The highest BCUT2D eigenvalue weighted by Crippen LogP contribution is 2.47. The average molecular weight is 368 g/mol. The lowest BCUT2D eigenvalue weighted by Crippen LogP contribution is -2.11. The third kappa shape index (κ3) is 4.31. The molecule has 3 rings (SSSR count). The fourth-order valence-electron chi connectivity index (χ4n) is 2.73. The van der Waals surface area contributed by atoms with Gasteiger partial charge in [-0.25, -0.2) is 0 Å². The van der Waals surface area contributed by atoms with Crippen LogP contribution < -0.4 is 0 Å². The number of fused-ring (bicyclic) bond motifs is 2. The van der Waals surface area contributed by atoms with Gasteiger partial charge in [-0.2, -0.15) is 0 Å². The molecular weight excluding hydrogens is 344 g/mol. The third-order valence-corrected chi connectivity index (χ3v) is 7.55. The molecule has 128 valence electrons. The average Bonchev–Trinajstić information content (AvgIpc) is 2.65. The van der Waals surface area contributed by atoms with E-state index in [9.17, 15) is 0 Å². The number of ether oxygens (including phenoxy) is 1. The van der Waals surface area contributed by atoms with E-state index >= 15 is 0 Å². The highest BCUT2D eigenvalue weighted by atomic mass is 32.2. The first-order valence-corrected chi connectivity index (χ1v) is 10.6. The van der Waals surface area contributed by atoms with Crippen LogP contribution in [0.15, 0.2) is 97.0 Å². The molecule has 0 atom stereocenters. The van der Waals surface area contributed by atoms with Crippen LogP contribution in [0, 0.1) is 0 Å². The SMILES string of the molecule is CC=C=C(/C=C\CCCOC)[S+]1c2ccccc2Sc2ccccc21. The van der Waals surface area contributed by atoms with Crippen molar-refractivity contribution in [2.45, 2.75) is 39.3 Å². The second-order valence-electron chi connectivity index (χ2n) is 5.64. The van der Waals surface area contributed by atoms with E-state index in [1.54, 1.807) is 7.11 Å². The van der Waals surface area contributed by atoms with Gasteiger partial charge in [0.25, 0.3) is 0 Å². The van der Waals surface area contributed by atoms with E-state index in [0.717, 1.165) is 19.4 Å². The monoisotopic (exact) mass is 367 g/mol. The molecule has 0 aromatic heterocycles. The quantitative estimate of drug-likeness (QED) is 0.259. The van der Waals surface area contributed by atoms with E-state index in [2.05, 4.69) is 66.4 Å². The van der Waals surface area contributed by atoms with Crippen LogP contribution in [-0.4, -0.2) is 13.7 Å². The summed E-state index contributed by atoms with van der Waals surface area (Å²) in [7, 11) is 1.65. The van der Waals surface area contributed by atoms with Crippen LogP contribution in [-0.2, 0) is 15.6 Å². The molecule has 1 aliphatic heterocycles. The summed E-state index contributed by atoms with van der Waals surface area (Å²) >= 11 is 1.87. The molecule has 1 aliphatic rings. The second kappa shape index (κ2) is 9.17. The topological polar surface area (TPSA) is 9.23 Å². The van der Waals surface area contributed by atoms with Crippen molar-refractivity contribution in [1.82, 2.24) is 0 Å². The van der Waals surface area contributed by atoms with Gasteiger partial charge < -0.3 is 4.74 Å². The van der Waals surface area contributed by atoms with Gasteiger partial charge in [0.15, 0.2) is 9.79 Å². The lowest BCUT2D eigenvalue weighted by atomic mass is 10.3. The maximum atomic E-state index is 5.14. The van der Waals surface area contributed by atoms with E-state index in [1.165, 1.54) is 24.5 Å². The van der Waals surface area contributed by atoms with Crippen molar-refractivity contribution in [2.24, 2.45) is 0 Å². The van der Waals surface area contributed by atoms with E-state index in [0.29, 0.717) is 0 Å². The summed E-state index contributed by atoms with van der Waals surface area (Å²) in [6.07, 6.45) is 8.60. The Hall–Kier alpha value is -1.64. The lowest BCUT2D eigenvalue weighted by molar-refractivity contribution is 0.196. The zero-order chi connectivity index (χ0) is 17.5. The molecule has 0 bridgehead atoms. The van der Waals surface area contributed by atoms with Crippen LogP contribution in [0.25, 0.3) is 0 Å². The van der Waals surface area contributed by atoms with E-state index in [-0.39, 0.29) is 10.9 Å². The Bertz CT molecular complexity index is 771. The van der Waals surface area contributed by atoms with Crippen LogP contribution in [0.4, 0.5) is 0 Å².